The molecule has 0 aliphatic heterocycles. The average Bonchev–Trinajstić information content (AvgIpc) is 2.35. The third-order valence-electron chi connectivity index (χ3n) is 2.34. The van der Waals surface area contributed by atoms with Crippen molar-refractivity contribution in [2.75, 3.05) is 6.61 Å². The van der Waals surface area contributed by atoms with Crippen molar-refractivity contribution in [3.63, 3.8) is 0 Å². The number of benzene rings is 1. The van der Waals surface area contributed by atoms with Crippen LogP contribution in [0.1, 0.15) is 26.2 Å². The Balaban J connectivity index is 2.51. The molecule has 0 fully saturated rings. The normalized spacial score (nSPS) is 13.5. The highest BCUT2D eigenvalue weighted by molar-refractivity contribution is 7.86. The second-order valence-electron chi connectivity index (χ2n) is 3.85. The van der Waals surface area contributed by atoms with Gasteiger partial charge < -0.3 is 5.11 Å². The van der Waals surface area contributed by atoms with Crippen LogP contribution in [-0.4, -0.2) is 26.2 Å². The Morgan fingerprint density at radius 3 is 2.53 bits per heavy atom. The molecular weight excluding hydrogens is 240 g/mol. The van der Waals surface area contributed by atoms with E-state index in [0.717, 1.165) is 12.8 Å². The summed E-state index contributed by atoms with van der Waals surface area (Å²) in [4.78, 5) is 0.114. The fraction of sp³-hybridized carbons (Fsp3) is 0.500. The molecular formula is C12H18O4S. The molecule has 1 aromatic carbocycles. The zero-order chi connectivity index (χ0) is 12.7. The van der Waals surface area contributed by atoms with Gasteiger partial charge in [0.2, 0.25) is 0 Å². The van der Waals surface area contributed by atoms with E-state index in [1.165, 1.54) is 12.1 Å². The molecule has 0 radical (unpaired) electrons. The zero-order valence-electron chi connectivity index (χ0n) is 9.87. The molecule has 0 aromatic heterocycles. The van der Waals surface area contributed by atoms with Crippen LogP contribution in [-0.2, 0) is 14.3 Å². The molecule has 0 spiro atoms. The van der Waals surface area contributed by atoms with Gasteiger partial charge in [0.05, 0.1) is 17.6 Å². The van der Waals surface area contributed by atoms with Crippen molar-refractivity contribution in [3.05, 3.63) is 30.3 Å². The summed E-state index contributed by atoms with van der Waals surface area (Å²) in [5.74, 6) is 0. The van der Waals surface area contributed by atoms with Gasteiger partial charge in [-0.25, -0.2) is 0 Å². The molecule has 17 heavy (non-hydrogen) atoms. The van der Waals surface area contributed by atoms with Crippen molar-refractivity contribution in [3.8, 4) is 0 Å². The van der Waals surface area contributed by atoms with Gasteiger partial charge in [0.15, 0.2) is 0 Å². The van der Waals surface area contributed by atoms with Crippen LogP contribution in [0.3, 0.4) is 0 Å². The van der Waals surface area contributed by atoms with Gasteiger partial charge in [0.25, 0.3) is 10.1 Å². The molecule has 0 heterocycles. The van der Waals surface area contributed by atoms with Crippen LogP contribution in [0, 0.1) is 0 Å². The third kappa shape index (κ3) is 4.85. The van der Waals surface area contributed by atoms with E-state index in [4.69, 9.17) is 4.18 Å². The van der Waals surface area contributed by atoms with Crippen molar-refractivity contribution in [2.45, 2.75) is 37.2 Å². The van der Waals surface area contributed by atoms with Crippen LogP contribution in [0.5, 0.6) is 0 Å². The molecule has 1 atom stereocenters. The number of aliphatic hydroxyl groups is 1. The lowest BCUT2D eigenvalue weighted by Crippen LogP contribution is -2.18. The largest absolute Gasteiger partial charge is 0.391 e. The lowest BCUT2D eigenvalue weighted by molar-refractivity contribution is 0.101. The van der Waals surface area contributed by atoms with E-state index in [9.17, 15) is 13.5 Å². The molecule has 0 bridgehead atoms. The Labute approximate surface area is 102 Å². The highest BCUT2D eigenvalue weighted by Gasteiger charge is 2.16. The van der Waals surface area contributed by atoms with E-state index in [1.807, 2.05) is 6.92 Å². The van der Waals surface area contributed by atoms with Crippen LogP contribution in [0.15, 0.2) is 35.2 Å². The fourth-order valence-electron chi connectivity index (χ4n) is 1.35. The fourth-order valence-corrected chi connectivity index (χ4v) is 2.31. The number of hydrogen-bond donors (Lipinski definition) is 1. The molecule has 0 aliphatic rings. The van der Waals surface area contributed by atoms with Gasteiger partial charge in [0, 0.05) is 0 Å². The highest BCUT2D eigenvalue weighted by Crippen LogP contribution is 2.12. The molecule has 4 nitrogen and oxygen atoms in total. The van der Waals surface area contributed by atoms with E-state index >= 15 is 0 Å². The van der Waals surface area contributed by atoms with Crippen LogP contribution in [0.25, 0.3) is 0 Å². The second-order valence-corrected chi connectivity index (χ2v) is 5.46. The topological polar surface area (TPSA) is 63.6 Å². The Morgan fingerprint density at radius 2 is 1.94 bits per heavy atom. The SMILES string of the molecule is CCCC[C@@H](O)COS(=O)(=O)c1ccccc1. The van der Waals surface area contributed by atoms with Crippen LogP contribution in [0.2, 0.25) is 0 Å². The summed E-state index contributed by atoms with van der Waals surface area (Å²) in [6.07, 6.45) is 1.65. The number of hydrogen-bond acceptors (Lipinski definition) is 4. The minimum atomic E-state index is -3.74. The van der Waals surface area contributed by atoms with Crippen LogP contribution in [0.4, 0.5) is 0 Å². The molecule has 5 heteroatoms. The van der Waals surface area contributed by atoms with E-state index < -0.39 is 16.2 Å². The van der Waals surface area contributed by atoms with Gasteiger partial charge in [-0.1, -0.05) is 38.0 Å². The minimum Gasteiger partial charge on any atom is -0.391 e. The Morgan fingerprint density at radius 1 is 1.29 bits per heavy atom. The average molecular weight is 258 g/mol. The van der Waals surface area contributed by atoms with E-state index in [-0.39, 0.29) is 11.5 Å². The number of aliphatic hydroxyl groups excluding tert-OH is 1. The maximum atomic E-state index is 11.7. The summed E-state index contributed by atoms with van der Waals surface area (Å²) in [7, 11) is -3.74. The monoisotopic (exact) mass is 258 g/mol. The highest BCUT2D eigenvalue weighted by atomic mass is 32.2. The number of rotatable bonds is 7. The first-order chi connectivity index (χ1) is 8.06. The van der Waals surface area contributed by atoms with Gasteiger partial charge in [-0.3, -0.25) is 4.18 Å². The molecule has 0 amide bonds. The third-order valence-corrected chi connectivity index (χ3v) is 3.63. The van der Waals surface area contributed by atoms with E-state index in [2.05, 4.69) is 0 Å². The predicted octanol–water partition coefficient (Wildman–Crippen LogP) is 1.94. The van der Waals surface area contributed by atoms with E-state index in [1.54, 1.807) is 18.2 Å². The summed E-state index contributed by atoms with van der Waals surface area (Å²) < 4.78 is 28.2. The van der Waals surface area contributed by atoms with Gasteiger partial charge in [-0.2, -0.15) is 8.42 Å². The zero-order valence-corrected chi connectivity index (χ0v) is 10.7. The summed E-state index contributed by atoms with van der Waals surface area (Å²) >= 11 is 0. The van der Waals surface area contributed by atoms with Crippen molar-refractivity contribution in [2.24, 2.45) is 0 Å². The Bertz CT molecular complexity index is 413. The molecule has 0 saturated heterocycles. The first-order valence-corrected chi connectivity index (χ1v) is 7.09. The first kappa shape index (κ1) is 14.2. The molecule has 1 aromatic rings. The lowest BCUT2D eigenvalue weighted by Gasteiger charge is -2.10. The summed E-state index contributed by atoms with van der Waals surface area (Å²) in [6.45, 7) is 1.82. The quantitative estimate of drug-likeness (QED) is 0.759. The van der Waals surface area contributed by atoms with Crippen LogP contribution < -0.4 is 0 Å². The molecule has 0 unspecified atom stereocenters. The van der Waals surface area contributed by atoms with E-state index in [0.29, 0.717) is 6.42 Å². The lowest BCUT2D eigenvalue weighted by atomic mass is 10.2. The predicted molar refractivity (Wildman–Crippen MR) is 65.1 cm³/mol. The summed E-state index contributed by atoms with van der Waals surface area (Å²) in [5, 5.41) is 9.50. The van der Waals surface area contributed by atoms with Gasteiger partial charge in [0.1, 0.15) is 0 Å². The van der Waals surface area contributed by atoms with Crippen molar-refractivity contribution < 1.29 is 17.7 Å². The van der Waals surface area contributed by atoms with Crippen molar-refractivity contribution >= 4 is 10.1 Å². The molecule has 0 saturated carbocycles. The van der Waals surface area contributed by atoms with Gasteiger partial charge in [-0.15, -0.1) is 0 Å². The Hall–Kier alpha value is -0.910. The minimum absolute atomic E-state index is 0.114. The molecule has 1 rings (SSSR count). The maximum absolute atomic E-state index is 11.7. The molecule has 0 aliphatic carbocycles. The standard InChI is InChI=1S/C12H18O4S/c1-2-3-7-11(13)10-16-17(14,15)12-8-5-4-6-9-12/h4-6,8-9,11,13H,2-3,7,10H2,1H3/t11-/m1/s1. The molecule has 96 valence electrons. The van der Waals surface area contributed by atoms with Gasteiger partial charge in [-0.05, 0) is 18.6 Å². The number of unbranched alkanes of at least 4 members (excludes halogenated alkanes) is 1. The first-order valence-electron chi connectivity index (χ1n) is 5.69. The van der Waals surface area contributed by atoms with Gasteiger partial charge >= 0.3 is 0 Å². The maximum Gasteiger partial charge on any atom is 0.297 e. The van der Waals surface area contributed by atoms with Crippen molar-refractivity contribution in [1.82, 2.24) is 0 Å². The summed E-state index contributed by atoms with van der Waals surface area (Å²) in [5.41, 5.74) is 0. The van der Waals surface area contributed by atoms with Crippen molar-refractivity contribution in [1.29, 1.82) is 0 Å². The van der Waals surface area contributed by atoms with Crippen LogP contribution >= 0.6 is 0 Å². The summed E-state index contributed by atoms with van der Waals surface area (Å²) in [6, 6.07) is 7.92. The Kier molecular flexibility index (Phi) is 5.61. The smallest absolute Gasteiger partial charge is 0.297 e. The molecule has 1 N–H and O–H groups in total. The second kappa shape index (κ2) is 6.74.